The molecule has 1 unspecified atom stereocenters. The van der Waals surface area contributed by atoms with Crippen LogP contribution in [0, 0.1) is 0 Å². The van der Waals surface area contributed by atoms with Crippen molar-refractivity contribution in [2.75, 3.05) is 26.7 Å². The molecule has 3 nitrogen and oxygen atoms in total. The average Bonchev–Trinajstić information content (AvgIpc) is 2.50. The molecule has 0 bridgehead atoms. The molecular formula is C17H30N2O. The number of unbranched alkanes of at least 4 members (excludes halogenated alkanes) is 2. The number of benzene rings is 1. The van der Waals surface area contributed by atoms with E-state index in [1.54, 1.807) is 7.11 Å². The van der Waals surface area contributed by atoms with Crippen molar-refractivity contribution >= 4 is 0 Å². The predicted molar refractivity (Wildman–Crippen MR) is 86.2 cm³/mol. The summed E-state index contributed by atoms with van der Waals surface area (Å²) in [6, 6.07) is 8.65. The number of ether oxygens (including phenoxy) is 1. The number of rotatable bonds is 10. The molecule has 114 valence electrons. The van der Waals surface area contributed by atoms with Crippen molar-refractivity contribution in [3.05, 3.63) is 29.8 Å². The van der Waals surface area contributed by atoms with E-state index in [0.29, 0.717) is 12.6 Å². The largest absolute Gasteiger partial charge is 0.497 e. The molecule has 0 aromatic heterocycles. The van der Waals surface area contributed by atoms with Crippen LogP contribution in [-0.2, 0) is 0 Å². The highest BCUT2D eigenvalue weighted by Crippen LogP contribution is 2.23. The van der Waals surface area contributed by atoms with Crippen LogP contribution in [0.15, 0.2) is 24.3 Å². The van der Waals surface area contributed by atoms with E-state index in [1.165, 1.54) is 31.2 Å². The van der Waals surface area contributed by atoms with Gasteiger partial charge >= 0.3 is 0 Å². The summed E-state index contributed by atoms with van der Waals surface area (Å²) in [5, 5.41) is 0. The van der Waals surface area contributed by atoms with Gasteiger partial charge in [0.1, 0.15) is 5.75 Å². The Morgan fingerprint density at radius 2 is 1.60 bits per heavy atom. The van der Waals surface area contributed by atoms with Crippen LogP contribution in [0.2, 0.25) is 0 Å². The van der Waals surface area contributed by atoms with Crippen LogP contribution in [0.25, 0.3) is 0 Å². The second-order valence-electron chi connectivity index (χ2n) is 5.27. The molecule has 1 atom stereocenters. The van der Waals surface area contributed by atoms with E-state index in [1.807, 2.05) is 12.1 Å². The lowest BCUT2D eigenvalue weighted by Crippen LogP contribution is -2.35. The van der Waals surface area contributed by atoms with Crippen molar-refractivity contribution in [2.24, 2.45) is 5.73 Å². The SMILES string of the molecule is CCCCN(CCCC)C(CN)c1ccc(OC)cc1. The number of hydrogen-bond acceptors (Lipinski definition) is 3. The van der Waals surface area contributed by atoms with Gasteiger partial charge in [-0.3, -0.25) is 4.90 Å². The first-order chi connectivity index (χ1) is 9.76. The summed E-state index contributed by atoms with van der Waals surface area (Å²) in [6.07, 6.45) is 4.91. The predicted octanol–water partition coefficient (Wildman–Crippen LogP) is 3.60. The highest BCUT2D eigenvalue weighted by atomic mass is 16.5. The zero-order valence-electron chi connectivity index (χ0n) is 13.3. The standard InChI is InChI=1S/C17H30N2O/c1-4-6-12-19(13-7-5-2)17(14-18)15-8-10-16(20-3)11-9-15/h8-11,17H,4-7,12-14,18H2,1-3H3. The number of hydrogen-bond donors (Lipinski definition) is 1. The van der Waals surface area contributed by atoms with Crippen LogP contribution in [0.3, 0.4) is 0 Å². The number of methoxy groups -OCH3 is 1. The van der Waals surface area contributed by atoms with Crippen LogP contribution in [-0.4, -0.2) is 31.6 Å². The molecule has 20 heavy (non-hydrogen) atoms. The highest BCUT2D eigenvalue weighted by molar-refractivity contribution is 5.29. The Morgan fingerprint density at radius 3 is 2.00 bits per heavy atom. The number of nitrogens with two attached hydrogens (primary N) is 1. The zero-order chi connectivity index (χ0) is 14.8. The first-order valence-corrected chi connectivity index (χ1v) is 7.84. The van der Waals surface area contributed by atoms with Gasteiger partial charge in [-0.05, 0) is 43.6 Å². The second kappa shape index (κ2) is 9.78. The van der Waals surface area contributed by atoms with E-state index in [-0.39, 0.29) is 0 Å². The topological polar surface area (TPSA) is 38.5 Å². The summed E-state index contributed by atoms with van der Waals surface area (Å²) < 4.78 is 5.23. The summed E-state index contributed by atoms with van der Waals surface area (Å²) in [6.45, 7) is 7.40. The fourth-order valence-corrected chi connectivity index (χ4v) is 2.47. The van der Waals surface area contributed by atoms with Crippen molar-refractivity contribution in [1.29, 1.82) is 0 Å². The Morgan fingerprint density at radius 1 is 1.05 bits per heavy atom. The molecule has 0 spiro atoms. The highest BCUT2D eigenvalue weighted by Gasteiger charge is 2.18. The third-order valence-corrected chi connectivity index (χ3v) is 3.76. The molecule has 0 aliphatic carbocycles. The molecular weight excluding hydrogens is 248 g/mol. The molecule has 1 aromatic carbocycles. The van der Waals surface area contributed by atoms with Crippen molar-refractivity contribution < 1.29 is 4.74 Å². The maximum Gasteiger partial charge on any atom is 0.118 e. The van der Waals surface area contributed by atoms with Gasteiger partial charge in [0.15, 0.2) is 0 Å². The van der Waals surface area contributed by atoms with Crippen LogP contribution in [0.5, 0.6) is 5.75 Å². The van der Waals surface area contributed by atoms with Crippen LogP contribution in [0.1, 0.15) is 51.1 Å². The second-order valence-corrected chi connectivity index (χ2v) is 5.27. The summed E-state index contributed by atoms with van der Waals surface area (Å²) in [4.78, 5) is 2.54. The van der Waals surface area contributed by atoms with Gasteiger partial charge in [0.05, 0.1) is 7.11 Å². The molecule has 1 rings (SSSR count). The van der Waals surface area contributed by atoms with Gasteiger partial charge < -0.3 is 10.5 Å². The molecule has 0 saturated heterocycles. The van der Waals surface area contributed by atoms with Gasteiger partial charge in [0.2, 0.25) is 0 Å². The van der Waals surface area contributed by atoms with E-state index in [9.17, 15) is 0 Å². The lowest BCUT2D eigenvalue weighted by molar-refractivity contribution is 0.195. The Balaban J connectivity index is 2.80. The molecule has 1 aromatic rings. The third-order valence-electron chi connectivity index (χ3n) is 3.76. The zero-order valence-corrected chi connectivity index (χ0v) is 13.3. The molecule has 0 aliphatic heterocycles. The fraction of sp³-hybridized carbons (Fsp3) is 0.647. The van der Waals surface area contributed by atoms with Gasteiger partial charge in [0, 0.05) is 12.6 Å². The molecule has 3 heteroatoms. The Labute approximate surface area is 124 Å². The summed E-state index contributed by atoms with van der Waals surface area (Å²) in [5.74, 6) is 0.901. The minimum atomic E-state index is 0.319. The first kappa shape index (κ1) is 17.0. The van der Waals surface area contributed by atoms with E-state index < -0.39 is 0 Å². The molecule has 0 radical (unpaired) electrons. The quantitative estimate of drug-likeness (QED) is 0.710. The lowest BCUT2D eigenvalue weighted by Gasteiger charge is -2.31. The first-order valence-electron chi connectivity index (χ1n) is 7.84. The summed E-state index contributed by atoms with van der Waals surface area (Å²) in [7, 11) is 1.70. The minimum absolute atomic E-state index is 0.319. The Bertz CT molecular complexity index is 343. The van der Waals surface area contributed by atoms with Crippen molar-refractivity contribution in [1.82, 2.24) is 4.90 Å². The van der Waals surface area contributed by atoms with Crippen LogP contribution in [0.4, 0.5) is 0 Å². The van der Waals surface area contributed by atoms with Gasteiger partial charge in [-0.15, -0.1) is 0 Å². The van der Waals surface area contributed by atoms with E-state index in [2.05, 4.69) is 30.9 Å². The Kier molecular flexibility index (Phi) is 8.31. The molecule has 0 fully saturated rings. The average molecular weight is 278 g/mol. The third kappa shape index (κ3) is 5.14. The molecule has 0 aliphatic rings. The van der Waals surface area contributed by atoms with Gasteiger partial charge in [-0.2, -0.15) is 0 Å². The van der Waals surface area contributed by atoms with Gasteiger partial charge in [-0.25, -0.2) is 0 Å². The van der Waals surface area contributed by atoms with Crippen LogP contribution < -0.4 is 10.5 Å². The van der Waals surface area contributed by atoms with Gasteiger partial charge in [-0.1, -0.05) is 38.8 Å². The molecule has 0 amide bonds. The number of nitrogens with zero attached hydrogens (tertiary/aromatic N) is 1. The fourth-order valence-electron chi connectivity index (χ4n) is 2.47. The van der Waals surface area contributed by atoms with Crippen molar-refractivity contribution in [3.63, 3.8) is 0 Å². The normalized spacial score (nSPS) is 12.7. The smallest absolute Gasteiger partial charge is 0.118 e. The van der Waals surface area contributed by atoms with Crippen molar-refractivity contribution in [3.8, 4) is 5.75 Å². The Hall–Kier alpha value is -1.06. The van der Waals surface area contributed by atoms with E-state index >= 15 is 0 Å². The van der Waals surface area contributed by atoms with Crippen molar-refractivity contribution in [2.45, 2.75) is 45.6 Å². The molecule has 2 N–H and O–H groups in total. The monoisotopic (exact) mass is 278 g/mol. The molecule has 0 saturated carbocycles. The van der Waals surface area contributed by atoms with E-state index in [4.69, 9.17) is 10.5 Å². The lowest BCUT2D eigenvalue weighted by atomic mass is 10.0. The van der Waals surface area contributed by atoms with Gasteiger partial charge in [0.25, 0.3) is 0 Å². The minimum Gasteiger partial charge on any atom is -0.497 e. The maximum atomic E-state index is 6.05. The van der Waals surface area contributed by atoms with E-state index in [0.717, 1.165) is 18.8 Å². The molecule has 0 heterocycles. The summed E-state index contributed by atoms with van der Waals surface area (Å²) in [5.41, 5.74) is 7.34. The maximum absolute atomic E-state index is 6.05. The van der Waals surface area contributed by atoms with Crippen LogP contribution >= 0.6 is 0 Å². The summed E-state index contributed by atoms with van der Waals surface area (Å²) >= 11 is 0.